The highest BCUT2D eigenvalue weighted by atomic mass is 79.9. The third-order valence-corrected chi connectivity index (χ3v) is 6.19. The topological polar surface area (TPSA) is 81.9 Å². The Bertz CT molecular complexity index is 623. The molecule has 0 radical (unpaired) electrons. The van der Waals surface area contributed by atoms with Crippen LogP contribution in [0.5, 0.6) is 0 Å². The Morgan fingerprint density at radius 3 is 2.24 bits per heavy atom. The number of benzene rings is 1. The summed E-state index contributed by atoms with van der Waals surface area (Å²) in [4.78, 5) is 0.209. The summed E-state index contributed by atoms with van der Waals surface area (Å²) in [5.74, 6) is 0. The quantitative estimate of drug-likeness (QED) is 0.800. The number of rotatable bonds is 4. The molecule has 2 rings (SSSR count). The molecule has 0 amide bonds. The van der Waals surface area contributed by atoms with Crippen molar-refractivity contribution in [2.75, 3.05) is 33.0 Å². The van der Waals surface area contributed by atoms with Crippen LogP contribution in [0, 0.1) is 6.92 Å². The molecule has 1 heterocycles. The number of hydrogen-bond acceptors (Lipinski definition) is 5. The molecule has 0 aliphatic carbocycles. The normalized spacial score (nSPS) is 23.6. The summed E-state index contributed by atoms with van der Waals surface area (Å²) >= 11 is 3.29. The van der Waals surface area contributed by atoms with Crippen molar-refractivity contribution < 1.29 is 17.9 Å². The number of halogens is 1. The number of methoxy groups -OCH3 is 2. The monoisotopic (exact) mass is 378 g/mol. The van der Waals surface area contributed by atoms with Gasteiger partial charge in [0.1, 0.15) is 0 Å². The van der Waals surface area contributed by atoms with Gasteiger partial charge in [0.05, 0.1) is 17.1 Å². The van der Waals surface area contributed by atoms with Crippen LogP contribution in [-0.2, 0) is 19.5 Å². The van der Waals surface area contributed by atoms with Gasteiger partial charge in [0.25, 0.3) is 0 Å². The summed E-state index contributed by atoms with van der Waals surface area (Å²) in [5.41, 5.74) is 6.85. The molecule has 1 fully saturated rings. The van der Waals surface area contributed by atoms with Crippen molar-refractivity contribution in [1.29, 1.82) is 0 Å². The van der Waals surface area contributed by atoms with Crippen LogP contribution >= 0.6 is 15.9 Å². The molecule has 6 nitrogen and oxygen atoms in total. The van der Waals surface area contributed by atoms with E-state index < -0.39 is 10.0 Å². The van der Waals surface area contributed by atoms with Crippen molar-refractivity contribution in [2.45, 2.75) is 24.0 Å². The number of sulfonamides is 1. The second-order valence-corrected chi connectivity index (χ2v) is 7.81. The van der Waals surface area contributed by atoms with Gasteiger partial charge in [0, 0.05) is 37.5 Å². The van der Waals surface area contributed by atoms with Gasteiger partial charge in [-0.25, -0.2) is 8.42 Å². The van der Waals surface area contributed by atoms with Crippen LogP contribution in [0.2, 0.25) is 0 Å². The van der Waals surface area contributed by atoms with Crippen LogP contribution in [0.25, 0.3) is 0 Å². The minimum Gasteiger partial charge on any atom is -0.398 e. The van der Waals surface area contributed by atoms with Crippen LogP contribution in [-0.4, -0.2) is 52.2 Å². The van der Waals surface area contributed by atoms with Crippen LogP contribution in [0.3, 0.4) is 0 Å². The zero-order chi connectivity index (χ0) is 15.8. The van der Waals surface area contributed by atoms with E-state index in [2.05, 4.69) is 15.9 Å². The first-order valence-electron chi connectivity index (χ1n) is 6.42. The smallest absolute Gasteiger partial charge is 0.243 e. The summed E-state index contributed by atoms with van der Waals surface area (Å²) in [6, 6.07) is 3.26. The lowest BCUT2D eigenvalue weighted by Crippen LogP contribution is -2.30. The first-order chi connectivity index (χ1) is 9.81. The molecule has 0 saturated carbocycles. The average molecular weight is 379 g/mol. The van der Waals surface area contributed by atoms with E-state index in [0.717, 1.165) is 0 Å². The third kappa shape index (κ3) is 3.09. The maximum Gasteiger partial charge on any atom is 0.243 e. The Morgan fingerprint density at radius 2 is 1.76 bits per heavy atom. The van der Waals surface area contributed by atoms with Crippen LogP contribution < -0.4 is 5.73 Å². The molecule has 21 heavy (non-hydrogen) atoms. The molecule has 0 aromatic heterocycles. The van der Waals surface area contributed by atoms with Crippen molar-refractivity contribution in [3.05, 3.63) is 22.2 Å². The first-order valence-corrected chi connectivity index (χ1v) is 8.66. The van der Waals surface area contributed by atoms with Crippen LogP contribution in [0.4, 0.5) is 5.69 Å². The largest absolute Gasteiger partial charge is 0.398 e. The molecular formula is C13H19BrN2O4S. The molecule has 1 aromatic carbocycles. The summed E-state index contributed by atoms with van der Waals surface area (Å²) in [7, 11) is -0.536. The zero-order valence-electron chi connectivity index (χ0n) is 12.2. The van der Waals surface area contributed by atoms with E-state index in [-0.39, 0.29) is 30.2 Å². The van der Waals surface area contributed by atoms with Crippen LogP contribution in [0.1, 0.15) is 5.56 Å². The Hall–Kier alpha value is -0.670. The van der Waals surface area contributed by atoms with Gasteiger partial charge >= 0.3 is 0 Å². The fraction of sp³-hybridized carbons (Fsp3) is 0.538. The molecule has 118 valence electrons. The van der Waals surface area contributed by atoms with Gasteiger partial charge < -0.3 is 15.2 Å². The standard InChI is InChI=1S/C13H19BrN2O4S/c1-8-10(15)4-9(14)5-13(8)21(17,18)16-6-11(19-2)12(7-16)20-3/h4-5,11-12H,6-7,15H2,1-3H3. The molecular weight excluding hydrogens is 360 g/mol. The molecule has 1 aliphatic heterocycles. The molecule has 1 saturated heterocycles. The van der Waals surface area contributed by atoms with E-state index >= 15 is 0 Å². The highest BCUT2D eigenvalue weighted by molar-refractivity contribution is 9.10. The number of nitrogen functional groups attached to an aromatic ring is 1. The molecule has 1 aliphatic rings. The predicted octanol–water partition coefficient (Wildman–Crippen LogP) is 1.37. The van der Waals surface area contributed by atoms with Gasteiger partial charge in [-0.15, -0.1) is 0 Å². The van der Waals surface area contributed by atoms with E-state index in [0.29, 0.717) is 15.7 Å². The van der Waals surface area contributed by atoms with Crippen molar-refractivity contribution >= 4 is 31.6 Å². The van der Waals surface area contributed by atoms with Crippen molar-refractivity contribution in [1.82, 2.24) is 4.31 Å². The minimum absolute atomic E-state index is 0.209. The van der Waals surface area contributed by atoms with E-state index in [9.17, 15) is 8.42 Å². The SMILES string of the molecule is COC1CN(S(=O)(=O)c2cc(Br)cc(N)c2C)CC1OC. The lowest BCUT2D eigenvalue weighted by molar-refractivity contribution is -0.00461. The maximum atomic E-state index is 12.8. The van der Waals surface area contributed by atoms with E-state index in [1.165, 1.54) is 4.31 Å². The number of hydrogen-bond donors (Lipinski definition) is 1. The second-order valence-electron chi connectivity index (χ2n) is 4.99. The number of nitrogens with two attached hydrogens (primary N) is 1. The molecule has 1 aromatic rings. The highest BCUT2D eigenvalue weighted by Gasteiger charge is 2.40. The molecule has 2 atom stereocenters. The number of nitrogens with zero attached hydrogens (tertiary/aromatic N) is 1. The summed E-state index contributed by atoms with van der Waals surface area (Å²) in [5, 5.41) is 0. The lowest BCUT2D eigenvalue weighted by atomic mass is 10.2. The molecule has 2 unspecified atom stereocenters. The summed E-state index contributed by atoms with van der Waals surface area (Å²) in [6.07, 6.45) is -0.538. The van der Waals surface area contributed by atoms with Gasteiger partial charge in [-0.05, 0) is 24.6 Å². The number of ether oxygens (including phenoxy) is 2. The second kappa shape index (κ2) is 6.21. The number of anilines is 1. The van der Waals surface area contributed by atoms with Crippen molar-refractivity contribution in [3.8, 4) is 0 Å². The Balaban J connectivity index is 2.40. The fourth-order valence-corrected chi connectivity index (χ4v) is 4.81. The molecule has 0 spiro atoms. The Kier molecular flexibility index (Phi) is 4.94. The van der Waals surface area contributed by atoms with E-state index in [1.807, 2.05) is 0 Å². The van der Waals surface area contributed by atoms with Gasteiger partial charge in [-0.1, -0.05) is 15.9 Å². The van der Waals surface area contributed by atoms with E-state index in [1.54, 1.807) is 33.3 Å². The van der Waals surface area contributed by atoms with Gasteiger partial charge in [-0.2, -0.15) is 4.31 Å². The molecule has 8 heteroatoms. The Labute approximate surface area is 133 Å². The van der Waals surface area contributed by atoms with Gasteiger partial charge in [-0.3, -0.25) is 0 Å². The maximum absolute atomic E-state index is 12.8. The fourth-order valence-electron chi connectivity index (χ4n) is 2.44. The predicted molar refractivity (Wildman–Crippen MR) is 83.6 cm³/mol. The zero-order valence-corrected chi connectivity index (χ0v) is 14.6. The van der Waals surface area contributed by atoms with Gasteiger partial charge in [0.15, 0.2) is 0 Å². The summed E-state index contributed by atoms with van der Waals surface area (Å²) in [6.45, 7) is 2.23. The van der Waals surface area contributed by atoms with Crippen molar-refractivity contribution in [2.24, 2.45) is 0 Å². The lowest BCUT2D eigenvalue weighted by Gasteiger charge is -2.18. The third-order valence-electron chi connectivity index (χ3n) is 3.77. The molecule has 0 bridgehead atoms. The van der Waals surface area contributed by atoms with Crippen molar-refractivity contribution in [3.63, 3.8) is 0 Å². The Morgan fingerprint density at radius 1 is 1.24 bits per heavy atom. The summed E-state index contributed by atoms with van der Waals surface area (Å²) < 4.78 is 38.2. The van der Waals surface area contributed by atoms with Crippen LogP contribution in [0.15, 0.2) is 21.5 Å². The van der Waals surface area contributed by atoms with E-state index in [4.69, 9.17) is 15.2 Å². The molecule has 2 N–H and O–H groups in total. The first kappa shape index (κ1) is 16.7. The average Bonchev–Trinajstić information content (AvgIpc) is 2.86. The highest BCUT2D eigenvalue weighted by Crippen LogP contribution is 2.31. The minimum atomic E-state index is -3.64. The van der Waals surface area contributed by atoms with Gasteiger partial charge in [0.2, 0.25) is 10.0 Å².